The van der Waals surface area contributed by atoms with Gasteiger partial charge in [-0.1, -0.05) is 12.5 Å². The van der Waals surface area contributed by atoms with Crippen LogP contribution in [-0.2, 0) is 11.3 Å². The van der Waals surface area contributed by atoms with Crippen LogP contribution in [0.4, 0.5) is 4.79 Å². The molecule has 100 valence electrons. The molecule has 3 N–H and O–H groups in total. The van der Waals surface area contributed by atoms with E-state index in [9.17, 15) is 9.59 Å². The maximum Gasteiger partial charge on any atom is 0.315 e. The molecule has 5 nitrogen and oxygen atoms in total. The third kappa shape index (κ3) is 6.90. The second-order valence-corrected chi connectivity index (χ2v) is 4.93. The molecule has 18 heavy (non-hydrogen) atoms. The first-order chi connectivity index (χ1) is 8.68. The highest BCUT2D eigenvalue weighted by molar-refractivity contribution is 7.09. The largest absolute Gasteiger partial charge is 0.481 e. The van der Waals surface area contributed by atoms with Crippen molar-refractivity contribution in [1.29, 1.82) is 0 Å². The van der Waals surface area contributed by atoms with Gasteiger partial charge in [0.25, 0.3) is 0 Å². The number of carbonyl (C=O) groups is 2. The van der Waals surface area contributed by atoms with Crippen LogP contribution < -0.4 is 10.6 Å². The molecule has 1 aromatic rings. The van der Waals surface area contributed by atoms with Crippen LogP contribution in [0.1, 0.15) is 30.6 Å². The van der Waals surface area contributed by atoms with Crippen molar-refractivity contribution in [3.8, 4) is 0 Å². The Kier molecular flexibility index (Phi) is 6.86. The Morgan fingerprint density at radius 1 is 1.22 bits per heavy atom. The summed E-state index contributed by atoms with van der Waals surface area (Å²) in [6.07, 6.45) is 2.48. The molecular formula is C12H18N2O3S. The smallest absolute Gasteiger partial charge is 0.315 e. The number of hydrogen-bond acceptors (Lipinski definition) is 3. The summed E-state index contributed by atoms with van der Waals surface area (Å²) in [7, 11) is 0. The van der Waals surface area contributed by atoms with E-state index >= 15 is 0 Å². The van der Waals surface area contributed by atoms with Gasteiger partial charge in [0.2, 0.25) is 0 Å². The van der Waals surface area contributed by atoms with Crippen LogP contribution in [0.2, 0.25) is 0 Å². The summed E-state index contributed by atoms with van der Waals surface area (Å²) in [5.74, 6) is -0.767. The van der Waals surface area contributed by atoms with E-state index < -0.39 is 5.97 Å². The minimum absolute atomic E-state index is 0.179. The molecule has 2 amide bonds. The quantitative estimate of drug-likeness (QED) is 0.634. The molecule has 0 aromatic carbocycles. The normalized spacial score (nSPS) is 10.0. The zero-order chi connectivity index (χ0) is 13.2. The Labute approximate surface area is 110 Å². The first-order valence-electron chi connectivity index (χ1n) is 5.94. The summed E-state index contributed by atoms with van der Waals surface area (Å²) in [5.41, 5.74) is 0. The Hall–Kier alpha value is -1.56. The SMILES string of the molecule is O=C(O)CCCCCNC(=O)NCc1cccs1. The van der Waals surface area contributed by atoms with Crippen molar-refractivity contribution in [1.82, 2.24) is 10.6 Å². The summed E-state index contributed by atoms with van der Waals surface area (Å²) in [6.45, 7) is 1.12. The fourth-order valence-electron chi connectivity index (χ4n) is 1.42. The van der Waals surface area contributed by atoms with Crippen molar-refractivity contribution in [3.05, 3.63) is 22.4 Å². The fourth-order valence-corrected chi connectivity index (χ4v) is 2.07. The Morgan fingerprint density at radius 3 is 2.72 bits per heavy atom. The van der Waals surface area contributed by atoms with Crippen LogP contribution >= 0.6 is 11.3 Å². The number of unbranched alkanes of at least 4 members (excludes halogenated alkanes) is 2. The molecule has 0 saturated carbocycles. The monoisotopic (exact) mass is 270 g/mol. The molecule has 0 fully saturated rings. The maximum atomic E-state index is 11.4. The van der Waals surface area contributed by atoms with Crippen molar-refractivity contribution in [3.63, 3.8) is 0 Å². The van der Waals surface area contributed by atoms with Gasteiger partial charge in [-0.25, -0.2) is 4.79 Å². The van der Waals surface area contributed by atoms with Gasteiger partial charge in [-0.2, -0.15) is 0 Å². The lowest BCUT2D eigenvalue weighted by molar-refractivity contribution is -0.137. The number of nitrogens with one attached hydrogen (secondary N) is 2. The Balaban J connectivity index is 1.95. The second-order valence-electron chi connectivity index (χ2n) is 3.89. The summed E-state index contributed by atoms with van der Waals surface area (Å²) in [6, 6.07) is 3.74. The molecule has 1 heterocycles. The number of carbonyl (C=O) groups excluding carboxylic acids is 1. The van der Waals surface area contributed by atoms with Gasteiger partial charge in [0.15, 0.2) is 0 Å². The number of carboxylic acids is 1. The van der Waals surface area contributed by atoms with E-state index in [1.165, 1.54) is 0 Å². The minimum atomic E-state index is -0.767. The lowest BCUT2D eigenvalue weighted by Gasteiger charge is -2.06. The van der Waals surface area contributed by atoms with E-state index in [0.717, 1.165) is 17.7 Å². The summed E-state index contributed by atoms with van der Waals surface area (Å²) in [5, 5.41) is 15.9. The topological polar surface area (TPSA) is 78.4 Å². The minimum Gasteiger partial charge on any atom is -0.481 e. The van der Waals surface area contributed by atoms with Crippen LogP contribution in [0.25, 0.3) is 0 Å². The van der Waals surface area contributed by atoms with Crippen molar-refractivity contribution >= 4 is 23.3 Å². The maximum absolute atomic E-state index is 11.4. The van der Waals surface area contributed by atoms with Gasteiger partial charge in [-0.05, 0) is 24.3 Å². The van der Waals surface area contributed by atoms with Gasteiger partial charge in [-0.3, -0.25) is 4.79 Å². The van der Waals surface area contributed by atoms with Crippen molar-refractivity contribution in [2.24, 2.45) is 0 Å². The number of carboxylic acid groups (broad SMARTS) is 1. The molecule has 1 aromatic heterocycles. The average molecular weight is 270 g/mol. The molecule has 0 aliphatic carbocycles. The van der Waals surface area contributed by atoms with Crippen LogP contribution in [0, 0.1) is 0 Å². The van der Waals surface area contributed by atoms with Crippen molar-refractivity contribution in [2.75, 3.05) is 6.54 Å². The zero-order valence-corrected chi connectivity index (χ0v) is 11.0. The molecule has 0 aliphatic heterocycles. The van der Waals surface area contributed by atoms with Crippen LogP contribution in [0.3, 0.4) is 0 Å². The average Bonchev–Trinajstić information content (AvgIpc) is 2.83. The number of amides is 2. The molecular weight excluding hydrogens is 252 g/mol. The molecule has 1 rings (SSSR count). The third-order valence-corrected chi connectivity index (χ3v) is 3.23. The first kappa shape index (κ1) is 14.5. The van der Waals surface area contributed by atoms with E-state index in [4.69, 9.17) is 5.11 Å². The first-order valence-corrected chi connectivity index (χ1v) is 6.82. The van der Waals surface area contributed by atoms with E-state index in [1.807, 2.05) is 17.5 Å². The Morgan fingerprint density at radius 2 is 2.06 bits per heavy atom. The second kappa shape index (κ2) is 8.52. The molecule has 0 spiro atoms. The van der Waals surface area contributed by atoms with Gasteiger partial charge in [0.1, 0.15) is 0 Å². The summed E-state index contributed by atoms with van der Waals surface area (Å²) < 4.78 is 0. The number of thiophene rings is 1. The van der Waals surface area contributed by atoms with E-state index in [2.05, 4.69) is 10.6 Å². The summed E-state index contributed by atoms with van der Waals surface area (Å²) >= 11 is 1.60. The van der Waals surface area contributed by atoms with Crippen LogP contribution in [0.15, 0.2) is 17.5 Å². The number of urea groups is 1. The van der Waals surface area contributed by atoms with Gasteiger partial charge < -0.3 is 15.7 Å². The highest BCUT2D eigenvalue weighted by atomic mass is 32.1. The van der Waals surface area contributed by atoms with E-state index in [-0.39, 0.29) is 12.5 Å². The van der Waals surface area contributed by atoms with Gasteiger partial charge in [0.05, 0.1) is 6.54 Å². The highest BCUT2D eigenvalue weighted by Gasteiger charge is 2.00. The molecule has 0 saturated heterocycles. The lowest BCUT2D eigenvalue weighted by atomic mass is 10.2. The fraction of sp³-hybridized carbons (Fsp3) is 0.500. The van der Waals surface area contributed by atoms with Crippen LogP contribution in [-0.4, -0.2) is 23.7 Å². The number of aliphatic carboxylic acids is 1. The molecule has 0 bridgehead atoms. The molecule has 0 radical (unpaired) electrons. The van der Waals surface area contributed by atoms with Crippen LogP contribution in [0.5, 0.6) is 0 Å². The molecule has 0 aliphatic rings. The predicted molar refractivity (Wildman–Crippen MR) is 70.7 cm³/mol. The highest BCUT2D eigenvalue weighted by Crippen LogP contribution is 2.07. The van der Waals surface area contributed by atoms with E-state index in [0.29, 0.717) is 19.5 Å². The third-order valence-electron chi connectivity index (χ3n) is 2.36. The van der Waals surface area contributed by atoms with E-state index in [1.54, 1.807) is 11.3 Å². The van der Waals surface area contributed by atoms with Gasteiger partial charge >= 0.3 is 12.0 Å². The predicted octanol–water partition coefficient (Wildman–Crippen LogP) is 2.19. The number of rotatable bonds is 8. The Bertz CT molecular complexity index is 365. The molecule has 0 atom stereocenters. The zero-order valence-electron chi connectivity index (χ0n) is 10.1. The number of hydrogen-bond donors (Lipinski definition) is 3. The summed E-state index contributed by atoms with van der Waals surface area (Å²) in [4.78, 5) is 22.7. The van der Waals surface area contributed by atoms with Crippen molar-refractivity contribution in [2.45, 2.75) is 32.2 Å². The van der Waals surface area contributed by atoms with Gasteiger partial charge in [0, 0.05) is 17.8 Å². The van der Waals surface area contributed by atoms with Gasteiger partial charge in [-0.15, -0.1) is 11.3 Å². The molecule has 0 unspecified atom stereocenters. The van der Waals surface area contributed by atoms with Crippen molar-refractivity contribution < 1.29 is 14.7 Å². The standard InChI is InChI=1S/C12H18N2O3S/c15-11(16)6-2-1-3-7-13-12(17)14-9-10-5-4-8-18-10/h4-5,8H,1-3,6-7,9H2,(H,15,16)(H2,13,14,17). The lowest BCUT2D eigenvalue weighted by Crippen LogP contribution is -2.35. The molecule has 6 heteroatoms.